The zero-order valence-electron chi connectivity index (χ0n) is 6.69. The predicted molar refractivity (Wildman–Crippen MR) is 56.1 cm³/mol. The summed E-state index contributed by atoms with van der Waals surface area (Å²) in [4.78, 5) is 10.8. The molecule has 0 spiro atoms. The van der Waals surface area contributed by atoms with E-state index in [-0.39, 0.29) is 0 Å². The van der Waals surface area contributed by atoms with Crippen LogP contribution >= 0.6 is 34.8 Å². The number of alkyl halides is 1. The first-order valence-electron chi connectivity index (χ1n) is 3.69. The molecule has 0 aliphatic rings. The van der Waals surface area contributed by atoms with Crippen molar-refractivity contribution in [2.45, 2.75) is 6.42 Å². The molecular weight excluding hydrogens is 230 g/mol. The smallest absolute Gasteiger partial charge is 0.253 e. The summed E-state index contributed by atoms with van der Waals surface area (Å²) in [6, 6.07) is 5.11. The van der Waals surface area contributed by atoms with Gasteiger partial charge in [-0.05, 0) is 35.7 Å². The molecule has 0 aliphatic heterocycles. The lowest BCUT2D eigenvalue weighted by Crippen LogP contribution is -1.93. The van der Waals surface area contributed by atoms with E-state index in [1.165, 1.54) is 0 Å². The van der Waals surface area contributed by atoms with Crippen molar-refractivity contribution in [1.29, 1.82) is 0 Å². The topological polar surface area (TPSA) is 17.1 Å². The number of carbonyl (C=O) groups excluding carboxylic acids is 1. The van der Waals surface area contributed by atoms with Gasteiger partial charge in [-0.25, -0.2) is 0 Å². The molecule has 0 heterocycles. The third-order valence-electron chi connectivity index (χ3n) is 1.63. The number of aryl methyl sites for hydroxylation is 1. The quantitative estimate of drug-likeness (QED) is 0.581. The first-order chi connectivity index (χ1) is 6.15. The van der Waals surface area contributed by atoms with Crippen molar-refractivity contribution in [2.75, 3.05) is 5.88 Å². The lowest BCUT2D eigenvalue weighted by Gasteiger charge is -2.01. The summed E-state index contributed by atoms with van der Waals surface area (Å²) in [5.74, 6) is 0.532. The molecule has 4 heteroatoms. The second-order valence-corrected chi connectivity index (χ2v) is 3.66. The van der Waals surface area contributed by atoms with Gasteiger partial charge < -0.3 is 0 Å². The van der Waals surface area contributed by atoms with E-state index in [4.69, 9.17) is 34.8 Å². The van der Waals surface area contributed by atoms with Gasteiger partial charge in [0.05, 0.1) is 10.6 Å². The Balaban J connectivity index is 2.98. The molecule has 0 bridgehead atoms. The SMILES string of the molecule is O=C(Cl)c1ccc(CCCl)cc1Cl. The molecule has 0 N–H and O–H groups in total. The Kier molecular flexibility index (Phi) is 4.04. The summed E-state index contributed by atoms with van der Waals surface area (Å²) in [6.07, 6.45) is 0.734. The van der Waals surface area contributed by atoms with Gasteiger partial charge in [0.1, 0.15) is 0 Å². The summed E-state index contributed by atoms with van der Waals surface area (Å²) < 4.78 is 0. The number of halogens is 3. The molecule has 70 valence electrons. The van der Waals surface area contributed by atoms with Gasteiger partial charge in [0.25, 0.3) is 5.24 Å². The number of hydrogen-bond acceptors (Lipinski definition) is 1. The van der Waals surface area contributed by atoms with Gasteiger partial charge in [-0.3, -0.25) is 4.79 Å². The van der Waals surface area contributed by atoms with E-state index >= 15 is 0 Å². The van der Waals surface area contributed by atoms with Crippen molar-refractivity contribution in [3.8, 4) is 0 Å². The fourth-order valence-electron chi connectivity index (χ4n) is 0.983. The molecule has 0 amide bonds. The Morgan fingerprint density at radius 3 is 2.54 bits per heavy atom. The highest BCUT2D eigenvalue weighted by molar-refractivity contribution is 6.68. The molecule has 0 atom stereocenters. The van der Waals surface area contributed by atoms with Crippen LogP contribution in [0.1, 0.15) is 15.9 Å². The Bertz CT molecular complexity index is 323. The molecule has 0 fully saturated rings. The van der Waals surface area contributed by atoms with E-state index in [1.807, 2.05) is 0 Å². The summed E-state index contributed by atoms with van der Waals surface area (Å²) >= 11 is 16.7. The maximum atomic E-state index is 10.8. The maximum Gasteiger partial charge on any atom is 0.253 e. The first kappa shape index (κ1) is 10.8. The molecule has 1 rings (SSSR count). The molecule has 0 radical (unpaired) electrons. The zero-order valence-corrected chi connectivity index (χ0v) is 8.96. The highest BCUT2D eigenvalue weighted by Gasteiger charge is 2.07. The fraction of sp³-hybridized carbons (Fsp3) is 0.222. The number of hydrogen-bond donors (Lipinski definition) is 0. The van der Waals surface area contributed by atoms with Crippen molar-refractivity contribution in [1.82, 2.24) is 0 Å². The van der Waals surface area contributed by atoms with Gasteiger partial charge in [-0.15, -0.1) is 11.6 Å². The number of carbonyl (C=O) groups is 1. The second kappa shape index (κ2) is 4.85. The van der Waals surface area contributed by atoms with Crippen LogP contribution in [-0.2, 0) is 6.42 Å². The highest BCUT2D eigenvalue weighted by atomic mass is 35.5. The number of benzene rings is 1. The van der Waals surface area contributed by atoms with E-state index in [0.29, 0.717) is 16.5 Å². The second-order valence-electron chi connectivity index (χ2n) is 2.53. The van der Waals surface area contributed by atoms with E-state index in [1.54, 1.807) is 18.2 Å². The molecule has 0 unspecified atom stereocenters. The van der Waals surface area contributed by atoms with Crippen LogP contribution in [0.4, 0.5) is 0 Å². The van der Waals surface area contributed by atoms with Crippen LogP contribution in [0, 0.1) is 0 Å². The van der Waals surface area contributed by atoms with Gasteiger partial charge in [0.2, 0.25) is 0 Å². The van der Waals surface area contributed by atoms with Crippen LogP contribution in [0.2, 0.25) is 5.02 Å². The maximum absolute atomic E-state index is 10.8. The van der Waals surface area contributed by atoms with Crippen LogP contribution in [0.5, 0.6) is 0 Å². The Morgan fingerprint density at radius 1 is 1.38 bits per heavy atom. The third-order valence-corrected chi connectivity index (χ3v) is 2.33. The normalized spacial score (nSPS) is 10.1. The Labute approximate surface area is 91.6 Å². The van der Waals surface area contributed by atoms with Gasteiger partial charge in [0.15, 0.2) is 0 Å². The van der Waals surface area contributed by atoms with Crippen LogP contribution in [0.15, 0.2) is 18.2 Å². The Morgan fingerprint density at radius 2 is 2.08 bits per heavy atom. The standard InChI is InChI=1S/C9H7Cl3O/c10-4-3-6-1-2-7(9(12)13)8(11)5-6/h1-2,5H,3-4H2. The minimum atomic E-state index is -0.539. The van der Waals surface area contributed by atoms with Crippen molar-refractivity contribution >= 4 is 40.0 Å². The third kappa shape index (κ3) is 2.87. The average molecular weight is 238 g/mol. The number of rotatable bonds is 3. The zero-order chi connectivity index (χ0) is 9.84. The minimum Gasteiger partial charge on any atom is -0.276 e. The van der Waals surface area contributed by atoms with Gasteiger partial charge in [-0.2, -0.15) is 0 Å². The molecule has 0 saturated carbocycles. The summed E-state index contributed by atoms with van der Waals surface area (Å²) in [7, 11) is 0. The molecule has 1 nitrogen and oxygen atoms in total. The first-order valence-corrected chi connectivity index (χ1v) is 4.98. The summed E-state index contributed by atoms with van der Waals surface area (Å²) in [6.45, 7) is 0. The lowest BCUT2D eigenvalue weighted by molar-refractivity contribution is 0.108. The molecule has 0 aliphatic carbocycles. The van der Waals surface area contributed by atoms with Crippen LogP contribution in [0.3, 0.4) is 0 Å². The Hall–Kier alpha value is -0.240. The van der Waals surface area contributed by atoms with Crippen molar-refractivity contribution in [3.05, 3.63) is 34.3 Å². The van der Waals surface area contributed by atoms with Gasteiger partial charge >= 0.3 is 0 Å². The molecule has 1 aromatic carbocycles. The van der Waals surface area contributed by atoms with Crippen molar-refractivity contribution < 1.29 is 4.79 Å². The monoisotopic (exact) mass is 236 g/mol. The van der Waals surface area contributed by atoms with E-state index in [0.717, 1.165) is 12.0 Å². The fourth-order valence-corrected chi connectivity index (χ4v) is 1.70. The lowest BCUT2D eigenvalue weighted by atomic mass is 10.1. The van der Waals surface area contributed by atoms with E-state index in [2.05, 4.69) is 0 Å². The molecule has 1 aromatic rings. The molecule has 0 aromatic heterocycles. The molecular formula is C9H7Cl3O. The van der Waals surface area contributed by atoms with Gasteiger partial charge in [-0.1, -0.05) is 17.7 Å². The van der Waals surface area contributed by atoms with Crippen molar-refractivity contribution in [3.63, 3.8) is 0 Å². The highest BCUT2D eigenvalue weighted by Crippen LogP contribution is 2.20. The van der Waals surface area contributed by atoms with Crippen LogP contribution < -0.4 is 0 Å². The average Bonchev–Trinajstić information content (AvgIpc) is 2.04. The summed E-state index contributed by atoms with van der Waals surface area (Å²) in [5, 5.41) is -0.162. The van der Waals surface area contributed by atoms with Crippen LogP contribution in [0.25, 0.3) is 0 Å². The molecule has 13 heavy (non-hydrogen) atoms. The van der Waals surface area contributed by atoms with E-state index < -0.39 is 5.24 Å². The van der Waals surface area contributed by atoms with E-state index in [9.17, 15) is 4.79 Å². The van der Waals surface area contributed by atoms with Gasteiger partial charge in [0, 0.05) is 5.88 Å². The van der Waals surface area contributed by atoms with Crippen LogP contribution in [-0.4, -0.2) is 11.1 Å². The minimum absolute atomic E-state index is 0.335. The summed E-state index contributed by atoms with van der Waals surface area (Å²) in [5.41, 5.74) is 1.34. The van der Waals surface area contributed by atoms with Crippen molar-refractivity contribution in [2.24, 2.45) is 0 Å². The molecule has 0 saturated heterocycles. The predicted octanol–water partition coefficient (Wildman–Crippen LogP) is 3.50. The largest absolute Gasteiger partial charge is 0.276 e.